The Morgan fingerprint density at radius 3 is 2.15 bits per heavy atom. The van der Waals surface area contributed by atoms with Crippen LogP contribution in [0.1, 0.15) is 95.6 Å². The highest BCUT2D eigenvalue weighted by atomic mass is 19.1. The van der Waals surface area contributed by atoms with Crippen LogP contribution in [0.15, 0.2) is 84.5 Å². The van der Waals surface area contributed by atoms with Crippen molar-refractivity contribution in [3.05, 3.63) is 101 Å². The highest BCUT2D eigenvalue weighted by molar-refractivity contribution is 6.13. The van der Waals surface area contributed by atoms with Gasteiger partial charge in [-0.1, -0.05) is 63.2 Å². The van der Waals surface area contributed by atoms with Crippen LogP contribution < -0.4 is 10.6 Å². The largest absolute Gasteiger partial charge is 0.390 e. The number of Topliss-reactive ketones (excluding diaryl/α,β-unsaturated/α-hetero) is 2. The molecule has 6 aliphatic rings. The molecule has 15 nitrogen and oxygen atoms in total. The highest BCUT2D eigenvalue weighted by Crippen LogP contribution is 2.74. The number of amides is 4. The number of nitrogens with zero attached hydrogens (tertiary/aromatic N) is 1. The standard InChI is InChI=1S/C50H55F2N3O12/c1-26(20-38(58)28(3)53-41(61)17-19-55-42(62)14-15-43(55)63)44(64)54-32-12-10-30(11-13-32)27(2)29-6-8-31(9-7-29)45-66-48(65)23-36-34-22-37(51)35-21-33(57)16-18-46(35,4)49(34,52)39(59)24-47(36,5)50(48,67-45)40(60)25-56/h6-16,18,21,26-28,34,36-37,39,45,56,59,65H,17,19-20,22-25H2,1-5H3,(H,53,61)(H,54,64)/t26-,27-,28+,34+,36+,37+,39+,45-,46+,47+,48-,49+,50+/m1/s1. The van der Waals surface area contributed by atoms with Crippen molar-refractivity contribution >= 4 is 46.7 Å². The molecule has 0 bridgehead atoms. The molecule has 2 heterocycles. The number of benzene rings is 2. The van der Waals surface area contributed by atoms with Crippen LogP contribution in [-0.4, -0.2) is 110 Å². The second-order valence-electron chi connectivity index (χ2n) is 19.4. The van der Waals surface area contributed by atoms with E-state index in [0.29, 0.717) is 11.3 Å². The average Bonchev–Trinajstić information content (AvgIpc) is 3.86. The number of hydrogen-bond acceptors (Lipinski definition) is 12. The smallest absolute Gasteiger partial charge is 0.253 e. The fourth-order valence-corrected chi connectivity index (χ4v) is 11.9. The molecule has 0 radical (unpaired) electrons. The van der Waals surface area contributed by atoms with Crippen LogP contribution in [0.25, 0.3) is 0 Å². The molecular weight excluding hydrogens is 873 g/mol. The van der Waals surface area contributed by atoms with Crippen LogP contribution in [0, 0.1) is 28.6 Å². The van der Waals surface area contributed by atoms with Crippen molar-refractivity contribution < 1.29 is 67.1 Å². The third-order valence-electron chi connectivity index (χ3n) is 15.7. The van der Waals surface area contributed by atoms with Gasteiger partial charge in [0.1, 0.15) is 12.8 Å². The Morgan fingerprint density at radius 1 is 0.896 bits per heavy atom. The SMILES string of the molecule is C[C@@H](c1ccc(NC(=O)[C@H](C)CC(=O)[C@H](C)NC(=O)CCN2C(=O)C=CC2=O)cc1)c1ccc([C@H]2O[C@]3(C(=O)CO)[C@@](O)(C[C@H]4[C@@H]5C[C@H](F)C6=CC(=O)C=C[C@]6(C)[C@@]5(F)[C@@H](O)C[C@@]43C)O2)cc1. The maximum absolute atomic E-state index is 17.8. The van der Waals surface area contributed by atoms with E-state index in [1.807, 2.05) is 31.2 Å². The van der Waals surface area contributed by atoms with E-state index in [4.69, 9.17) is 9.47 Å². The molecule has 3 saturated carbocycles. The molecule has 0 aromatic heterocycles. The third-order valence-corrected chi connectivity index (χ3v) is 15.7. The van der Waals surface area contributed by atoms with Crippen molar-refractivity contribution in [1.29, 1.82) is 0 Å². The monoisotopic (exact) mass is 927 g/mol. The van der Waals surface area contributed by atoms with E-state index >= 15 is 8.78 Å². The normalized spacial score (nSPS) is 35.2. The number of rotatable bonds is 14. The summed E-state index contributed by atoms with van der Waals surface area (Å²) in [6.45, 7) is 6.92. The van der Waals surface area contributed by atoms with Gasteiger partial charge in [0, 0.05) is 77.8 Å². The molecule has 2 aromatic carbocycles. The molecule has 356 valence electrons. The van der Waals surface area contributed by atoms with E-state index in [1.165, 1.54) is 19.9 Å². The van der Waals surface area contributed by atoms with Gasteiger partial charge in [-0.25, -0.2) is 8.78 Å². The van der Waals surface area contributed by atoms with Crippen LogP contribution in [0.5, 0.6) is 0 Å². The van der Waals surface area contributed by atoms with Crippen molar-refractivity contribution in [2.24, 2.45) is 28.6 Å². The Hall–Kier alpha value is -5.59. The van der Waals surface area contributed by atoms with Crippen LogP contribution in [0.3, 0.4) is 0 Å². The molecule has 1 saturated heterocycles. The minimum Gasteiger partial charge on any atom is -0.390 e. The molecule has 4 amide bonds. The summed E-state index contributed by atoms with van der Waals surface area (Å²) in [5.74, 6) is -9.18. The lowest BCUT2D eigenvalue weighted by molar-refractivity contribution is -0.236. The minimum atomic E-state index is -2.48. The number of aliphatic hydroxyl groups is 3. The first-order valence-corrected chi connectivity index (χ1v) is 22.6. The lowest BCUT2D eigenvalue weighted by atomic mass is 9.44. The number of anilines is 1. The first-order valence-electron chi connectivity index (χ1n) is 22.6. The molecule has 4 fully saturated rings. The Bertz CT molecular complexity index is 2490. The van der Waals surface area contributed by atoms with Crippen molar-refractivity contribution in [3.8, 4) is 0 Å². The van der Waals surface area contributed by atoms with E-state index in [0.717, 1.165) is 40.3 Å². The van der Waals surface area contributed by atoms with E-state index in [-0.39, 0.29) is 43.1 Å². The number of allylic oxidation sites excluding steroid dienone is 4. The summed E-state index contributed by atoms with van der Waals surface area (Å²) >= 11 is 0. The Labute approximate surface area is 385 Å². The maximum atomic E-state index is 17.8. The Morgan fingerprint density at radius 2 is 1.52 bits per heavy atom. The van der Waals surface area contributed by atoms with E-state index in [1.54, 1.807) is 38.1 Å². The summed E-state index contributed by atoms with van der Waals surface area (Å²) in [6.07, 6.45) is -0.544. The summed E-state index contributed by atoms with van der Waals surface area (Å²) in [5.41, 5.74) is -5.35. The summed E-state index contributed by atoms with van der Waals surface area (Å²) in [7, 11) is 0. The molecule has 67 heavy (non-hydrogen) atoms. The number of alkyl halides is 2. The Balaban J connectivity index is 0.897. The molecule has 5 N–H and O–H groups in total. The minimum absolute atomic E-state index is 0.0638. The van der Waals surface area contributed by atoms with Gasteiger partial charge in [0.15, 0.2) is 34.9 Å². The van der Waals surface area contributed by atoms with Crippen molar-refractivity contribution in [2.45, 2.75) is 114 Å². The number of nitrogens with one attached hydrogen (secondary N) is 2. The zero-order valence-corrected chi connectivity index (χ0v) is 37.8. The molecule has 8 rings (SSSR count). The number of fused-ring (bicyclic) bond motifs is 7. The topological polar surface area (TPSA) is 226 Å². The van der Waals surface area contributed by atoms with Crippen molar-refractivity contribution in [3.63, 3.8) is 0 Å². The fraction of sp³-hybridized carbons (Fsp3) is 0.500. The average molecular weight is 928 g/mol. The zero-order valence-electron chi connectivity index (χ0n) is 37.8. The van der Waals surface area contributed by atoms with Gasteiger partial charge >= 0.3 is 0 Å². The van der Waals surface area contributed by atoms with E-state index in [9.17, 15) is 48.9 Å². The highest BCUT2D eigenvalue weighted by Gasteiger charge is 2.84. The molecule has 0 unspecified atom stereocenters. The van der Waals surface area contributed by atoms with Gasteiger partial charge in [-0.3, -0.25) is 38.5 Å². The number of ether oxygens (including phenoxy) is 2. The summed E-state index contributed by atoms with van der Waals surface area (Å²) < 4.78 is 46.5. The summed E-state index contributed by atoms with van der Waals surface area (Å²) in [5, 5.41) is 39.9. The molecule has 17 heteroatoms. The number of imide groups is 1. The predicted molar refractivity (Wildman–Crippen MR) is 235 cm³/mol. The fourth-order valence-electron chi connectivity index (χ4n) is 11.9. The summed E-state index contributed by atoms with van der Waals surface area (Å²) in [6, 6.07) is 13.3. The zero-order chi connectivity index (χ0) is 48.6. The van der Waals surface area contributed by atoms with Crippen molar-refractivity contribution in [2.75, 3.05) is 18.5 Å². The second-order valence-corrected chi connectivity index (χ2v) is 19.4. The maximum Gasteiger partial charge on any atom is 0.253 e. The molecular formula is C50H55F2N3O12. The molecule has 2 aliphatic heterocycles. The molecule has 0 spiro atoms. The van der Waals surface area contributed by atoms with Crippen LogP contribution in [0.2, 0.25) is 0 Å². The quantitative estimate of drug-likeness (QED) is 0.169. The first kappa shape index (κ1) is 47.9. The van der Waals surface area contributed by atoms with E-state index < -0.39 is 125 Å². The van der Waals surface area contributed by atoms with Crippen LogP contribution in [-0.2, 0) is 43.0 Å². The first-order chi connectivity index (χ1) is 31.5. The van der Waals surface area contributed by atoms with Gasteiger partial charge in [0.25, 0.3) is 11.8 Å². The number of aliphatic hydroxyl groups excluding tert-OH is 2. The number of carbonyl (C=O) groups excluding carboxylic acids is 7. The summed E-state index contributed by atoms with van der Waals surface area (Å²) in [4.78, 5) is 88.9. The van der Waals surface area contributed by atoms with Gasteiger partial charge in [-0.05, 0) is 73.6 Å². The molecule has 2 aromatic rings. The lowest BCUT2D eigenvalue weighted by Crippen LogP contribution is -2.71. The van der Waals surface area contributed by atoms with Gasteiger partial charge in [0.05, 0.1) is 12.1 Å². The number of halogens is 2. The lowest BCUT2D eigenvalue weighted by Gasteiger charge is -2.63. The predicted octanol–water partition coefficient (Wildman–Crippen LogP) is 4.15. The Kier molecular flexibility index (Phi) is 12.3. The number of hydrogen-bond donors (Lipinski definition) is 5. The molecule has 13 atom stereocenters. The number of ketones is 3. The second kappa shape index (κ2) is 17.2. The van der Waals surface area contributed by atoms with Gasteiger partial charge < -0.3 is 35.4 Å². The van der Waals surface area contributed by atoms with Crippen LogP contribution in [0.4, 0.5) is 14.5 Å². The van der Waals surface area contributed by atoms with Crippen LogP contribution >= 0.6 is 0 Å². The molecule has 4 aliphatic carbocycles. The number of carbonyl (C=O) groups is 7. The van der Waals surface area contributed by atoms with E-state index in [2.05, 4.69) is 10.6 Å². The van der Waals surface area contributed by atoms with Crippen molar-refractivity contribution in [1.82, 2.24) is 10.2 Å². The third kappa shape index (κ3) is 7.53. The van der Waals surface area contributed by atoms with Gasteiger partial charge in [0.2, 0.25) is 17.6 Å². The van der Waals surface area contributed by atoms with Gasteiger partial charge in [-0.2, -0.15) is 0 Å². The van der Waals surface area contributed by atoms with Gasteiger partial charge in [-0.15, -0.1) is 0 Å².